The van der Waals surface area contributed by atoms with Gasteiger partial charge in [0.05, 0.1) is 18.1 Å². The molecule has 0 aliphatic heterocycles. The minimum absolute atomic E-state index is 0. The average Bonchev–Trinajstić information content (AvgIpc) is 3.11. The molecule has 0 radical (unpaired) electrons. The highest BCUT2D eigenvalue weighted by molar-refractivity contribution is 6.30. The van der Waals surface area contributed by atoms with Crippen molar-refractivity contribution in [1.29, 1.82) is 0 Å². The molecule has 0 aliphatic rings. The number of aromatic nitrogens is 2. The van der Waals surface area contributed by atoms with Gasteiger partial charge in [-0.25, -0.2) is 4.79 Å². The molecule has 156 valence electrons. The molecule has 0 fully saturated rings. The number of rotatable bonds is 7. The van der Waals surface area contributed by atoms with E-state index in [1.165, 1.54) is 0 Å². The number of methoxy groups -OCH3 is 1. The van der Waals surface area contributed by atoms with Gasteiger partial charge in [-0.05, 0) is 53.6 Å². The maximum absolute atomic E-state index is 11.4. The van der Waals surface area contributed by atoms with Crippen molar-refractivity contribution in [2.24, 2.45) is 0 Å². The van der Waals surface area contributed by atoms with Crippen LogP contribution in [0.5, 0.6) is 11.5 Å². The van der Waals surface area contributed by atoms with E-state index in [2.05, 4.69) is 15.3 Å². The molecule has 30 heavy (non-hydrogen) atoms. The molecule has 0 aliphatic carbocycles. The number of halogens is 2. The Hall–Kier alpha value is -3.09. The van der Waals surface area contributed by atoms with Crippen LogP contribution in [0, 0.1) is 0 Å². The molecule has 4 rings (SSSR count). The van der Waals surface area contributed by atoms with Gasteiger partial charge < -0.3 is 24.8 Å². The number of hydrogen-bond donors (Lipinski definition) is 3. The van der Waals surface area contributed by atoms with Crippen LogP contribution in [0.2, 0.25) is 5.02 Å². The SMILES string of the molecule is COc1cc(CNc2ccc3[nH]c(=O)[nH]c3c2)ccc1OCc1ccc(Cl)cc1.Cl. The molecular formula is C22H21Cl2N3O3. The van der Waals surface area contributed by atoms with E-state index in [9.17, 15) is 4.79 Å². The van der Waals surface area contributed by atoms with E-state index in [-0.39, 0.29) is 18.1 Å². The number of H-pyrrole nitrogens is 2. The van der Waals surface area contributed by atoms with E-state index in [1.807, 2.05) is 60.7 Å². The topological polar surface area (TPSA) is 79.1 Å². The molecule has 0 saturated carbocycles. The zero-order chi connectivity index (χ0) is 20.2. The first-order valence-electron chi connectivity index (χ1n) is 9.11. The maximum atomic E-state index is 11.4. The molecule has 8 heteroatoms. The molecule has 0 unspecified atom stereocenters. The highest BCUT2D eigenvalue weighted by atomic mass is 35.5. The van der Waals surface area contributed by atoms with Crippen molar-refractivity contribution in [1.82, 2.24) is 9.97 Å². The van der Waals surface area contributed by atoms with Gasteiger partial charge in [-0.3, -0.25) is 0 Å². The average molecular weight is 446 g/mol. The third-order valence-electron chi connectivity index (χ3n) is 4.55. The van der Waals surface area contributed by atoms with Crippen LogP contribution in [0.3, 0.4) is 0 Å². The molecule has 0 atom stereocenters. The molecule has 0 bridgehead atoms. The fourth-order valence-electron chi connectivity index (χ4n) is 3.03. The smallest absolute Gasteiger partial charge is 0.323 e. The Morgan fingerprint density at radius 3 is 2.40 bits per heavy atom. The summed E-state index contributed by atoms with van der Waals surface area (Å²) in [5.41, 5.74) is 4.32. The number of imidazole rings is 1. The highest BCUT2D eigenvalue weighted by Crippen LogP contribution is 2.29. The molecule has 1 heterocycles. The van der Waals surface area contributed by atoms with Crippen molar-refractivity contribution < 1.29 is 9.47 Å². The van der Waals surface area contributed by atoms with Crippen molar-refractivity contribution in [2.75, 3.05) is 12.4 Å². The second kappa shape index (κ2) is 9.61. The molecule has 3 aromatic carbocycles. The van der Waals surface area contributed by atoms with Crippen LogP contribution in [0.15, 0.2) is 65.5 Å². The minimum Gasteiger partial charge on any atom is -0.493 e. The number of nitrogens with one attached hydrogen (secondary N) is 3. The maximum Gasteiger partial charge on any atom is 0.323 e. The van der Waals surface area contributed by atoms with Crippen molar-refractivity contribution in [3.63, 3.8) is 0 Å². The molecule has 0 spiro atoms. The summed E-state index contributed by atoms with van der Waals surface area (Å²) in [4.78, 5) is 16.9. The first-order chi connectivity index (χ1) is 14.1. The van der Waals surface area contributed by atoms with Gasteiger partial charge in [0.2, 0.25) is 0 Å². The van der Waals surface area contributed by atoms with Crippen molar-refractivity contribution >= 4 is 40.7 Å². The summed E-state index contributed by atoms with van der Waals surface area (Å²) < 4.78 is 11.4. The number of ether oxygens (including phenoxy) is 2. The molecule has 0 saturated heterocycles. The quantitative estimate of drug-likeness (QED) is 0.368. The summed E-state index contributed by atoms with van der Waals surface area (Å²) in [7, 11) is 1.62. The van der Waals surface area contributed by atoms with E-state index >= 15 is 0 Å². The molecule has 6 nitrogen and oxygen atoms in total. The lowest BCUT2D eigenvalue weighted by atomic mass is 10.2. The third kappa shape index (κ3) is 5.09. The van der Waals surface area contributed by atoms with Crippen LogP contribution in [-0.2, 0) is 13.2 Å². The van der Waals surface area contributed by atoms with Gasteiger partial charge in [-0.1, -0.05) is 29.8 Å². The summed E-state index contributed by atoms with van der Waals surface area (Å²) in [5.74, 6) is 1.35. The van der Waals surface area contributed by atoms with Gasteiger partial charge in [0.1, 0.15) is 6.61 Å². The highest BCUT2D eigenvalue weighted by Gasteiger charge is 2.07. The lowest BCUT2D eigenvalue weighted by molar-refractivity contribution is 0.284. The summed E-state index contributed by atoms with van der Waals surface area (Å²) in [6.45, 7) is 1.04. The van der Waals surface area contributed by atoms with Crippen molar-refractivity contribution in [3.05, 3.63) is 87.3 Å². The van der Waals surface area contributed by atoms with E-state index in [4.69, 9.17) is 21.1 Å². The zero-order valence-corrected chi connectivity index (χ0v) is 17.8. The van der Waals surface area contributed by atoms with Crippen LogP contribution in [0.1, 0.15) is 11.1 Å². The van der Waals surface area contributed by atoms with Crippen molar-refractivity contribution in [2.45, 2.75) is 13.2 Å². The first kappa shape index (κ1) is 21.6. The predicted octanol–water partition coefficient (Wildman–Crippen LogP) is 5.13. The van der Waals surface area contributed by atoms with Gasteiger partial charge in [0.15, 0.2) is 11.5 Å². The Kier molecular flexibility index (Phi) is 6.92. The van der Waals surface area contributed by atoms with Crippen LogP contribution < -0.4 is 20.5 Å². The van der Waals surface area contributed by atoms with Gasteiger partial charge >= 0.3 is 5.69 Å². The lowest BCUT2D eigenvalue weighted by Gasteiger charge is -2.13. The van der Waals surface area contributed by atoms with Crippen LogP contribution in [-0.4, -0.2) is 17.1 Å². The Morgan fingerprint density at radius 2 is 1.63 bits per heavy atom. The van der Waals surface area contributed by atoms with Crippen molar-refractivity contribution in [3.8, 4) is 11.5 Å². The van der Waals surface area contributed by atoms with E-state index in [1.54, 1.807) is 7.11 Å². The fraction of sp³-hybridized carbons (Fsp3) is 0.136. The Balaban J connectivity index is 0.00000256. The summed E-state index contributed by atoms with van der Waals surface area (Å²) in [5, 5.41) is 4.05. The number of hydrogen-bond acceptors (Lipinski definition) is 4. The Bertz CT molecular complexity index is 1190. The molecular weight excluding hydrogens is 425 g/mol. The predicted molar refractivity (Wildman–Crippen MR) is 122 cm³/mol. The van der Waals surface area contributed by atoms with Crippen LogP contribution >= 0.6 is 24.0 Å². The first-order valence-corrected chi connectivity index (χ1v) is 9.48. The summed E-state index contributed by atoms with van der Waals surface area (Å²) in [6, 6.07) is 19.1. The summed E-state index contributed by atoms with van der Waals surface area (Å²) in [6.07, 6.45) is 0. The fourth-order valence-corrected chi connectivity index (χ4v) is 3.16. The van der Waals surface area contributed by atoms with Gasteiger partial charge in [-0.15, -0.1) is 12.4 Å². The standard InChI is InChI=1S/C22H20ClN3O3.ClH/c1-28-21-10-15(4-9-20(21)29-13-14-2-5-16(23)6-3-14)12-24-17-7-8-18-19(11-17)26-22(27)25-18;/h2-11,24H,12-13H2,1H3,(H2,25,26,27);1H. The Labute approximate surface area is 184 Å². The Morgan fingerprint density at radius 1 is 0.900 bits per heavy atom. The molecule has 3 N–H and O–H groups in total. The van der Waals surface area contributed by atoms with E-state index in [0.29, 0.717) is 29.7 Å². The van der Waals surface area contributed by atoms with Crippen LogP contribution in [0.4, 0.5) is 5.69 Å². The van der Waals surface area contributed by atoms with Gasteiger partial charge in [0, 0.05) is 17.3 Å². The van der Waals surface area contributed by atoms with E-state index < -0.39 is 0 Å². The second-order valence-electron chi connectivity index (χ2n) is 6.59. The number of benzene rings is 3. The van der Waals surface area contributed by atoms with E-state index in [0.717, 1.165) is 27.8 Å². The number of anilines is 1. The number of aromatic amines is 2. The monoisotopic (exact) mass is 445 g/mol. The normalized spacial score (nSPS) is 10.5. The zero-order valence-electron chi connectivity index (χ0n) is 16.2. The molecule has 1 aromatic heterocycles. The van der Waals surface area contributed by atoms with Gasteiger partial charge in [0.25, 0.3) is 0 Å². The van der Waals surface area contributed by atoms with Gasteiger partial charge in [-0.2, -0.15) is 0 Å². The second-order valence-corrected chi connectivity index (χ2v) is 7.03. The third-order valence-corrected chi connectivity index (χ3v) is 4.80. The minimum atomic E-state index is -0.212. The molecule has 0 amide bonds. The largest absolute Gasteiger partial charge is 0.493 e. The summed E-state index contributed by atoms with van der Waals surface area (Å²) >= 11 is 5.91. The number of fused-ring (bicyclic) bond motifs is 1. The molecule has 4 aromatic rings. The van der Waals surface area contributed by atoms with Crippen LogP contribution in [0.25, 0.3) is 11.0 Å². The lowest BCUT2D eigenvalue weighted by Crippen LogP contribution is -2.02.